The van der Waals surface area contributed by atoms with Gasteiger partial charge in [0.15, 0.2) is 0 Å². The number of amides is 1. The lowest BCUT2D eigenvalue weighted by Crippen LogP contribution is -2.21. The smallest absolute Gasteiger partial charge is 0.275 e. The molecule has 80 valence electrons. The Morgan fingerprint density at radius 1 is 1.40 bits per heavy atom. The Morgan fingerprint density at radius 2 is 1.93 bits per heavy atom. The number of aliphatic hydroxyl groups is 1. The van der Waals surface area contributed by atoms with Crippen molar-refractivity contribution in [1.29, 1.82) is 0 Å². The molecule has 4 N–H and O–H groups in total. The third-order valence-corrected chi connectivity index (χ3v) is 1.74. The predicted octanol–water partition coefficient (Wildman–Crippen LogP) is 1.51. The van der Waals surface area contributed by atoms with Crippen molar-refractivity contribution in [2.24, 2.45) is 5.73 Å². The van der Waals surface area contributed by atoms with Crippen LogP contribution in [0.25, 0.3) is 0 Å². The van der Waals surface area contributed by atoms with E-state index < -0.39 is 11.7 Å². The number of halogens is 1. The SMILES string of the molecule is C/C(O)=C(\N)C(=O)Nc1ccc(F)cc1. The summed E-state index contributed by atoms with van der Waals surface area (Å²) in [6.07, 6.45) is 0. The summed E-state index contributed by atoms with van der Waals surface area (Å²) in [5.41, 5.74) is 5.42. The van der Waals surface area contributed by atoms with Crippen LogP contribution in [0.15, 0.2) is 35.7 Å². The standard InChI is InChI=1S/C10H11FN2O2/c1-6(14)9(12)10(15)13-8-4-2-7(11)3-5-8/h2-5,14H,12H2,1H3,(H,13,15)/b9-6+. The first kappa shape index (κ1) is 11.0. The lowest BCUT2D eigenvalue weighted by atomic mass is 10.3. The first-order valence-corrected chi connectivity index (χ1v) is 4.23. The van der Waals surface area contributed by atoms with Crippen LogP contribution in [0, 0.1) is 5.82 Å². The molecule has 0 unspecified atom stereocenters. The van der Waals surface area contributed by atoms with Crippen molar-refractivity contribution in [3.8, 4) is 0 Å². The molecule has 0 saturated heterocycles. The number of aliphatic hydroxyl groups excluding tert-OH is 1. The van der Waals surface area contributed by atoms with Gasteiger partial charge in [0.1, 0.15) is 17.3 Å². The van der Waals surface area contributed by atoms with Crippen molar-refractivity contribution in [3.05, 3.63) is 41.5 Å². The number of carbonyl (C=O) groups is 1. The summed E-state index contributed by atoms with van der Waals surface area (Å²) >= 11 is 0. The average Bonchev–Trinajstić information content (AvgIpc) is 2.20. The number of allylic oxidation sites excluding steroid dienone is 1. The van der Waals surface area contributed by atoms with Crippen LogP contribution in [0.2, 0.25) is 0 Å². The highest BCUT2D eigenvalue weighted by Crippen LogP contribution is 2.09. The van der Waals surface area contributed by atoms with E-state index in [1.165, 1.54) is 31.2 Å². The maximum atomic E-state index is 12.5. The number of nitrogens with one attached hydrogen (secondary N) is 1. The molecule has 0 spiro atoms. The van der Waals surface area contributed by atoms with E-state index in [0.29, 0.717) is 5.69 Å². The van der Waals surface area contributed by atoms with Crippen molar-refractivity contribution < 1.29 is 14.3 Å². The van der Waals surface area contributed by atoms with E-state index in [4.69, 9.17) is 10.8 Å². The van der Waals surface area contributed by atoms with Gasteiger partial charge in [0.25, 0.3) is 5.91 Å². The lowest BCUT2D eigenvalue weighted by Gasteiger charge is -2.05. The summed E-state index contributed by atoms with van der Waals surface area (Å²) in [4.78, 5) is 11.3. The topological polar surface area (TPSA) is 75.3 Å². The molecule has 1 rings (SSSR count). The molecule has 4 nitrogen and oxygen atoms in total. The molecule has 0 bridgehead atoms. The van der Waals surface area contributed by atoms with E-state index in [2.05, 4.69) is 5.32 Å². The fraction of sp³-hybridized carbons (Fsp3) is 0.100. The Kier molecular flexibility index (Phi) is 3.28. The molecule has 1 aromatic carbocycles. The second kappa shape index (κ2) is 4.45. The minimum absolute atomic E-state index is 0.255. The van der Waals surface area contributed by atoms with Gasteiger partial charge in [-0.25, -0.2) is 4.39 Å². The van der Waals surface area contributed by atoms with Gasteiger partial charge in [-0.2, -0.15) is 0 Å². The van der Waals surface area contributed by atoms with Crippen molar-refractivity contribution in [1.82, 2.24) is 0 Å². The first-order valence-electron chi connectivity index (χ1n) is 4.23. The zero-order valence-electron chi connectivity index (χ0n) is 8.12. The molecule has 15 heavy (non-hydrogen) atoms. The summed E-state index contributed by atoms with van der Waals surface area (Å²) in [5, 5.41) is 11.3. The molecule has 0 aromatic heterocycles. The molecule has 1 aromatic rings. The van der Waals surface area contributed by atoms with Gasteiger partial charge in [0, 0.05) is 5.69 Å². The van der Waals surface area contributed by atoms with Crippen molar-refractivity contribution in [3.63, 3.8) is 0 Å². The summed E-state index contributed by atoms with van der Waals surface area (Å²) in [6, 6.07) is 5.21. The number of anilines is 1. The summed E-state index contributed by atoms with van der Waals surface area (Å²) < 4.78 is 12.5. The average molecular weight is 210 g/mol. The normalized spacial score (nSPS) is 11.9. The molecule has 1 amide bonds. The number of carbonyl (C=O) groups excluding carboxylic acids is 1. The molecule has 0 aliphatic rings. The molecule has 5 heteroatoms. The van der Waals surface area contributed by atoms with E-state index in [1.807, 2.05) is 0 Å². The van der Waals surface area contributed by atoms with Crippen LogP contribution in [-0.2, 0) is 4.79 Å². The van der Waals surface area contributed by atoms with Crippen LogP contribution in [0.4, 0.5) is 10.1 Å². The monoisotopic (exact) mass is 210 g/mol. The largest absolute Gasteiger partial charge is 0.510 e. The highest BCUT2D eigenvalue weighted by atomic mass is 19.1. The third kappa shape index (κ3) is 2.98. The number of nitrogens with two attached hydrogens (primary N) is 1. The quantitative estimate of drug-likeness (QED) is 0.511. The molecular weight excluding hydrogens is 199 g/mol. The molecule has 0 saturated carbocycles. The molecule has 0 radical (unpaired) electrons. The van der Waals surface area contributed by atoms with Crippen LogP contribution >= 0.6 is 0 Å². The Balaban J connectivity index is 2.75. The van der Waals surface area contributed by atoms with E-state index in [0.717, 1.165) is 0 Å². The first-order chi connectivity index (χ1) is 7.00. The Morgan fingerprint density at radius 3 is 2.40 bits per heavy atom. The Labute approximate surface area is 86.2 Å². The predicted molar refractivity (Wildman–Crippen MR) is 54.5 cm³/mol. The fourth-order valence-electron chi connectivity index (χ4n) is 0.896. The number of benzene rings is 1. The molecular formula is C10H11FN2O2. The van der Waals surface area contributed by atoms with E-state index >= 15 is 0 Å². The number of hydrogen-bond acceptors (Lipinski definition) is 3. The van der Waals surface area contributed by atoms with Crippen molar-refractivity contribution in [2.75, 3.05) is 5.32 Å². The molecule has 0 fully saturated rings. The van der Waals surface area contributed by atoms with Gasteiger partial charge in [-0.3, -0.25) is 4.79 Å². The minimum Gasteiger partial charge on any atom is -0.510 e. The van der Waals surface area contributed by atoms with Crippen LogP contribution in [0.5, 0.6) is 0 Å². The second-order valence-electron chi connectivity index (χ2n) is 2.96. The molecule has 0 heterocycles. The summed E-state index contributed by atoms with van der Waals surface area (Å²) in [5.74, 6) is -1.27. The van der Waals surface area contributed by atoms with Gasteiger partial charge in [-0.1, -0.05) is 0 Å². The zero-order valence-corrected chi connectivity index (χ0v) is 8.12. The highest BCUT2D eigenvalue weighted by Gasteiger charge is 2.08. The van der Waals surface area contributed by atoms with Gasteiger partial charge >= 0.3 is 0 Å². The highest BCUT2D eigenvalue weighted by molar-refractivity contribution is 6.03. The second-order valence-corrected chi connectivity index (χ2v) is 2.96. The maximum absolute atomic E-state index is 12.5. The Hall–Kier alpha value is -2.04. The van der Waals surface area contributed by atoms with Crippen LogP contribution < -0.4 is 11.1 Å². The van der Waals surface area contributed by atoms with Gasteiger partial charge < -0.3 is 16.2 Å². The summed E-state index contributed by atoms with van der Waals surface area (Å²) in [7, 11) is 0. The maximum Gasteiger partial charge on any atom is 0.275 e. The van der Waals surface area contributed by atoms with Gasteiger partial charge in [-0.05, 0) is 31.2 Å². The number of rotatable bonds is 2. The van der Waals surface area contributed by atoms with Gasteiger partial charge in [-0.15, -0.1) is 0 Å². The minimum atomic E-state index is -0.624. The van der Waals surface area contributed by atoms with E-state index in [-0.39, 0.29) is 11.5 Å². The summed E-state index contributed by atoms with van der Waals surface area (Å²) in [6.45, 7) is 1.31. The number of hydrogen-bond donors (Lipinski definition) is 3. The lowest BCUT2D eigenvalue weighted by molar-refractivity contribution is -0.113. The molecule has 0 aliphatic heterocycles. The van der Waals surface area contributed by atoms with Crippen LogP contribution in [-0.4, -0.2) is 11.0 Å². The van der Waals surface area contributed by atoms with E-state index in [9.17, 15) is 9.18 Å². The van der Waals surface area contributed by atoms with Crippen LogP contribution in [0.1, 0.15) is 6.92 Å². The van der Waals surface area contributed by atoms with Crippen LogP contribution in [0.3, 0.4) is 0 Å². The Bertz CT molecular complexity index is 394. The van der Waals surface area contributed by atoms with Crippen molar-refractivity contribution in [2.45, 2.75) is 6.92 Å². The third-order valence-electron chi connectivity index (χ3n) is 1.74. The molecule has 0 atom stereocenters. The zero-order chi connectivity index (χ0) is 11.4. The van der Waals surface area contributed by atoms with E-state index in [1.54, 1.807) is 0 Å². The fourth-order valence-corrected chi connectivity index (χ4v) is 0.896. The van der Waals surface area contributed by atoms with Crippen molar-refractivity contribution >= 4 is 11.6 Å². The molecule has 0 aliphatic carbocycles. The van der Waals surface area contributed by atoms with Gasteiger partial charge in [0.05, 0.1) is 0 Å². The van der Waals surface area contributed by atoms with Gasteiger partial charge in [0.2, 0.25) is 0 Å².